The van der Waals surface area contributed by atoms with E-state index in [0.717, 1.165) is 4.57 Å². The number of rotatable bonds is 5. The second kappa shape index (κ2) is 7.29. The molecule has 2 N–H and O–H groups in total. The van der Waals surface area contributed by atoms with Gasteiger partial charge in [-0.05, 0) is 25.5 Å². The number of azo groups is 1. The van der Waals surface area contributed by atoms with Crippen LogP contribution in [-0.2, 0) is 6.54 Å². The van der Waals surface area contributed by atoms with Crippen LogP contribution in [-0.4, -0.2) is 26.4 Å². The van der Waals surface area contributed by atoms with E-state index in [9.17, 15) is 15.2 Å². The first-order chi connectivity index (χ1) is 11.1. The van der Waals surface area contributed by atoms with Gasteiger partial charge in [-0.3, -0.25) is 14.3 Å². The van der Waals surface area contributed by atoms with Crippen molar-refractivity contribution < 1.29 is 10.2 Å². The van der Waals surface area contributed by atoms with Crippen LogP contribution < -0.4 is 5.56 Å². The molecule has 0 aromatic carbocycles. The molecule has 0 amide bonds. The molecule has 0 spiro atoms. The van der Waals surface area contributed by atoms with Crippen molar-refractivity contribution in [1.82, 2.24) is 9.55 Å². The summed E-state index contributed by atoms with van der Waals surface area (Å²) in [6, 6.07) is 5.21. The van der Waals surface area contributed by atoms with Crippen molar-refractivity contribution in [3.63, 3.8) is 0 Å². The molecule has 2 rings (SSSR count). The number of pyridine rings is 2. The monoisotopic (exact) mass is 313 g/mol. The molecule has 2 heterocycles. The van der Waals surface area contributed by atoms with Gasteiger partial charge in [0.1, 0.15) is 17.3 Å². The molecule has 2 aromatic rings. The Morgan fingerprint density at radius 1 is 1.43 bits per heavy atom. The van der Waals surface area contributed by atoms with Gasteiger partial charge in [-0.25, -0.2) is 0 Å². The van der Waals surface area contributed by atoms with Crippen LogP contribution >= 0.6 is 0 Å². The second-order valence-corrected chi connectivity index (χ2v) is 4.73. The van der Waals surface area contributed by atoms with Crippen molar-refractivity contribution in [2.75, 3.05) is 6.61 Å². The van der Waals surface area contributed by atoms with E-state index in [1.807, 2.05) is 6.07 Å². The number of aromatic hydroxyl groups is 1. The number of aromatic nitrogens is 2. The quantitative estimate of drug-likeness (QED) is 0.816. The molecule has 0 saturated heterocycles. The molecule has 0 saturated carbocycles. The van der Waals surface area contributed by atoms with E-state index in [-0.39, 0.29) is 36.4 Å². The summed E-state index contributed by atoms with van der Waals surface area (Å²) in [4.78, 5) is 16.3. The van der Waals surface area contributed by atoms with Crippen LogP contribution in [0.3, 0.4) is 0 Å². The smallest absolute Gasteiger partial charge is 0.281 e. The molecule has 23 heavy (non-hydrogen) atoms. The van der Waals surface area contributed by atoms with Gasteiger partial charge in [-0.2, -0.15) is 5.26 Å². The van der Waals surface area contributed by atoms with Gasteiger partial charge < -0.3 is 10.2 Å². The number of aliphatic hydroxyl groups excluding tert-OH is 1. The molecule has 0 atom stereocenters. The van der Waals surface area contributed by atoms with Crippen molar-refractivity contribution in [1.29, 1.82) is 5.26 Å². The fourth-order valence-electron chi connectivity index (χ4n) is 2.01. The maximum absolute atomic E-state index is 12.4. The Hall–Kier alpha value is -3.05. The molecule has 0 unspecified atom stereocenters. The molecule has 8 heteroatoms. The molecule has 0 aliphatic heterocycles. The second-order valence-electron chi connectivity index (χ2n) is 4.73. The highest BCUT2D eigenvalue weighted by molar-refractivity contribution is 5.56. The molecular weight excluding hydrogens is 298 g/mol. The van der Waals surface area contributed by atoms with E-state index in [1.165, 1.54) is 13.1 Å². The molecule has 0 aliphatic carbocycles. The third-order valence-corrected chi connectivity index (χ3v) is 3.22. The Morgan fingerprint density at radius 2 is 2.22 bits per heavy atom. The van der Waals surface area contributed by atoms with Crippen molar-refractivity contribution in [2.45, 2.75) is 19.9 Å². The molecule has 0 radical (unpaired) electrons. The van der Waals surface area contributed by atoms with E-state index in [1.54, 1.807) is 18.3 Å². The topological polar surface area (TPSA) is 124 Å². The fourth-order valence-corrected chi connectivity index (χ4v) is 2.01. The van der Waals surface area contributed by atoms with E-state index < -0.39 is 11.4 Å². The third kappa shape index (κ3) is 3.41. The Kier molecular flexibility index (Phi) is 5.17. The van der Waals surface area contributed by atoms with Gasteiger partial charge in [-0.1, -0.05) is 0 Å². The minimum absolute atomic E-state index is 0.0267. The van der Waals surface area contributed by atoms with Gasteiger partial charge in [0.2, 0.25) is 5.88 Å². The summed E-state index contributed by atoms with van der Waals surface area (Å²) >= 11 is 0. The Labute approximate surface area is 132 Å². The van der Waals surface area contributed by atoms with Gasteiger partial charge in [0, 0.05) is 24.9 Å². The van der Waals surface area contributed by atoms with Crippen molar-refractivity contribution in [3.8, 4) is 11.9 Å². The lowest BCUT2D eigenvalue weighted by Crippen LogP contribution is -2.22. The fraction of sp³-hybridized carbons (Fsp3) is 0.267. The zero-order valence-corrected chi connectivity index (χ0v) is 12.5. The average molecular weight is 313 g/mol. The predicted octanol–water partition coefficient (Wildman–Crippen LogP) is 1.93. The number of hydrogen-bond donors (Lipinski definition) is 2. The Morgan fingerprint density at radius 3 is 2.83 bits per heavy atom. The lowest BCUT2D eigenvalue weighted by molar-refractivity contribution is 0.274. The van der Waals surface area contributed by atoms with Gasteiger partial charge in [0.25, 0.3) is 5.56 Å². The Balaban J connectivity index is 2.57. The van der Waals surface area contributed by atoms with Crippen LogP contribution in [0.2, 0.25) is 0 Å². The third-order valence-electron chi connectivity index (χ3n) is 3.22. The van der Waals surface area contributed by atoms with E-state index in [2.05, 4.69) is 15.2 Å². The largest absolute Gasteiger partial charge is 0.493 e. The van der Waals surface area contributed by atoms with Gasteiger partial charge in [-0.15, -0.1) is 10.2 Å². The maximum atomic E-state index is 12.4. The van der Waals surface area contributed by atoms with Gasteiger partial charge >= 0.3 is 0 Å². The zero-order valence-electron chi connectivity index (χ0n) is 12.5. The summed E-state index contributed by atoms with van der Waals surface area (Å²) in [6.07, 6.45) is 3.33. The zero-order chi connectivity index (χ0) is 16.8. The van der Waals surface area contributed by atoms with Crippen molar-refractivity contribution in [2.24, 2.45) is 10.2 Å². The first-order valence-electron chi connectivity index (χ1n) is 6.89. The van der Waals surface area contributed by atoms with E-state index in [4.69, 9.17) is 5.11 Å². The van der Waals surface area contributed by atoms with Crippen LogP contribution in [0.1, 0.15) is 17.5 Å². The summed E-state index contributed by atoms with van der Waals surface area (Å²) < 4.78 is 1.01. The summed E-state index contributed by atoms with van der Waals surface area (Å²) in [5.74, 6) is -0.427. The first-order valence-corrected chi connectivity index (χ1v) is 6.89. The van der Waals surface area contributed by atoms with Crippen LogP contribution in [0.25, 0.3) is 0 Å². The standard InChI is InChI=1S/C15H15N5O3/c1-10-12(8-16)14(22)20(6-3-7-21)15(23)13(10)19-18-11-4-2-5-17-9-11/h2,4-5,9,21-22H,3,6-7H2,1H3. The van der Waals surface area contributed by atoms with Gasteiger partial charge in [0.15, 0.2) is 5.69 Å². The van der Waals surface area contributed by atoms with Crippen LogP contribution in [0.15, 0.2) is 39.5 Å². The highest BCUT2D eigenvalue weighted by atomic mass is 16.3. The summed E-state index contributed by atoms with van der Waals surface area (Å²) in [5, 5.41) is 36.0. The number of nitrogens with zero attached hydrogens (tertiary/aromatic N) is 5. The average Bonchev–Trinajstić information content (AvgIpc) is 2.56. The Bertz CT molecular complexity index is 822. The van der Waals surface area contributed by atoms with Gasteiger partial charge in [0.05, 0.1) is 6.20 Å². The number of aliphatic hydroxyl groups is 1. The maximum Gasteiger partial charge on any atom is 0.281 e. The molecule has 2 aromatic heterocycles. The van der Waals surface area contributed by atoms with Crippen LogP contribution in [0.4, 0.5) is 11.4 Å². The van der Waals surface area contributed by atoms with E-state index >= 15 is 0 Å². The van der Waals surface area contributed by atoms with Crippen molar-refractivity contribution >= 4 is 11.4 Å². The predicted molar refractivity (Wildman–Crippen MR) is 81.9 cm³/mol. The van der Waals surface area contributed by atoms with Crippen LogP contribution in [0.5, 0.6) is 5.88 Å². The lowest BCUT2D eigenvalue weighted by Gasteiger charge is -2.12. The highest BCUT2D eigenvalue weighted by Gasteiger charge is 2.18. The minimum Gasteiger partial charge on any atom is -0.493 e. The minimum atomic E-state index is -0.569. The summed E-state index contributed by atoms with van der Waals surface area (Å²) in [5.41, 5.74) is 0.0755. The normalized spacial score (nSPS) is 10.8. The SMILES string of the molecule is Cc1c(C#N)c(O)n(CCCO)c(=O)c1N=Nc1cccnc1. The molecule has 118 valence electrons. The number of hydrogen-bond acceptors (Lipinski definition) is 7. The molecule has 8 nitrogen and oxygen atoms in total. The first kappa shape index (κ1) is 16.3. The van der Waals surface area contributed by atoms with E-state index in [0.29, 0.717) is 5.69 Å². The highest BCUT2D eigenvalue weighted by Crippen LogP contribution is 2.26. The molecule has 0 fully saturated rings. The number of nitriles is 1. The molecule has 0 bridgehead atoms. The summed E-state index contributed by atoms with van der Waals surface area (Å²) in [6.45, 7) is 1.45. The van der Waals surface area contributed by atoms with Crippen molar-refractivity contribution in [3.05, 3.63) is 46.0 Å². The lowest BCUT2D eigenvalue weighted by atomic mass is 10.1. The molecule has 0 aliphatic rings. The molecular formula is C15H15N5O3. The summed E-state index contributed by atoms with van der Waals surface area (Å²) in [7, 11) is 0. The van der Waals surface area contributed by atoms with Crippen LogP contribution in [0, 0.1) is 18.3 Å².